The highest BCUT2D eigenvalue weighted by Crippen LogP contribution is 2.46. The molecule has 1 saturated carbocycles. The van der Waals surface area contributed by atoms with E-state index in [-0.39, 0.29) is 18.4 Å². The lowest BCUT2D eigenvalue weighted by Crippen LogP contribution is -2.38. The molecule has 1 heterocycles. The molecule has 1 atom stereocenters. The minimum Gasteiger partial charge on any atom is -0.465 e. The first-order valence-electron chi connectivity index (χ1n) is 8.21. The van der Waals surface area contributed by atoms with E-state index in [1.807, 2.05) is 0 Å². The lowest BCUT2D eigenvalue weighted by atomic mass is 9.75. The SMILES string of the molecule is CCOC(=O)C1(c2cnn(CC3(C)CC3)c2)C=C([N+](=O)[O-])C=C(F)C1. The monoisotopic (exact) mass is 349 g/mol. The first kappa shape index (κ1) is 17.3. The van der Waals surface area contributed by atoms with Gasteiger partial charge in [-0.2, -0.15) is 5.10 Å². The molecule has 0 saturated heterocycles. The van der Waals surface area contributed by atoms with Gasteiger partial charge < -0.3 is 4.74 Å². The molecule has 0 spiro atoms. The second kappa shape index (κ2) is 6.09. The predicted molar refractivity (Wildman–Crippen MR) is 86.8 cm³/mol. The Morgan fingerprint density at radius 3 is 2.84 bits per heavy atom. The summed E-state index contributed by atoms with van der Waals surface area (Å²) in [6.45, 7) is 4.56. The largest absolute Gasteiger partial charge is 0.465 e. The van der Waals surface area contributed by atoms with Crippen molar-refractivity contribution in [1.29, 1.82) is 0 Å². The van der Waals surface area contributed by atoms with Crippen molar-refractivity contribution in [3.8, 4) is 0 Å². The highest BCUT2D eigenvalue weighted by Gasteiger charge is 2.47. The second-order valence-electron chi connectivity index (χ2n) is 7.02. The number of rotatable bonds is 6. The van der Waals surface area contributed by atoms with Gasteiger partial charge in [0.2, 0.25) is 0 Å². The number of carbonyl (C=O) groups excluding carboxylic acids is 1. The fraction of sp³-hybridized carbons (Fsp3) is 0.529. The van der Waals surface area contributed by atoms with Crippen LogP contribution < -0.4 is 0 Å². The van der Waals surface area contributed by atoms with Crippen LogP contribution in [0.1, 0.15) is 38.7 Å². The molecule has 134 valence electrons. The van der Waals surface area contributed by atoms with Crippen LogP contribution >= 0.6 is 0 Å². The molecule has 1 fully saturated rings. The second-order valence-corrected chi connectivity index (χ2v) is 7.02. The van der Waals surface area contributed by atoms with E-state index in [0.29, 0.717) is 12.1 Å². The maximum absolute atomic E-state index is 14.1. The molecular formula is C17H20FN3O4. The van der Waals surface area contributed by atoms with E-state index >= 15 is 0 Å². The summed E-state index contributed by atoms with van der Waals surface area (Å²) < 4.78 is 21.0. The smallest absolute Gasteiger partial charge is 0.321 e. The van der Waals surface area contributed by atoms with Gasteiger partial charge in [-0.05, 0) is 25.2 Å². The maximum Gasteiger partial charge on any atom is 0.321 e. The first-order chi connectivity index (χ1) is 11.8. The van der Waals surface area contributed by atoms with E-state index in [4.69, 9.17) is 4.74 Å². The number of aromatic nitrogens is 2. The van der Waals surface area contributed by atoms with Crippen LogP contribution in [-0.4, -0.2) is 27.3 Å². The van der Waals surface area contributed by atoms with Gasteiger partial charge in [0.1, 0.15) is 11.2 Å². The summed E-state index contributed by atoms with van der Waals surface area (Å²) in [6.07, 6.45) is 7.04. The van der Waals surface area contributed by atoms with Crippen molar-refractivity contribution in [3.63, 3.8) is 0 Å². The molecule has 7 nitrogen and oxygen atoms in total. The van der Waals surface area contributed by atoms with Gasteiger partial charge in [0, 0.05) is 36.9 Å². The van der Waals surface area contributed by atoms with Crippen molar-refractivity contribution in [2.24, 2.45) is 5.41 Å². The quantitative estimate of drug-likeness (QED) is 0.448. The molecular weight excluding hydrogens is 329 g/mol. The summed E-state index contributed by atoms with van der Waals surface area (Å²) in [6, 6.07) is 0. The lowest BCUT2D eigenvalue weighted by Gasteiger charge is -2.28. The van der Waals surface area contributed by atoms with E-state index in [0.717, 1.165) is 18.9 Å². The van der Waals surface area contributed by atoms with Gasteiger partial charge >= 0.3 is 5.97 Å². The van der Waals surface area contributed by atoms with Crippen molar-refractivity contribution < 1.29 is 18.8 Å². The summed E-state index contributed by atoms with van der Waals surface area (Å²) in [5.74, 6) is -1.45. The van der Waals surface area contributed by atoms with Gasteiger partial charge in [-0.3, -0.25) is 19.6 Å². The number of hydrogen-bond acceptors (Lipinski definition) is 5. The molecule has 0 bridgehead atoms. The van der Waals surface area contributed by atoms with Crippen LogP contribution in [0.4, 0.5) is 4.39 Å². The number of esters is 1. The lowest BCUT2D eigenvalue weighted by molar-refractivity contribution is -0.420. The molecule has 0 N–H and O–H groups in total. The number of carbonyl (C=O) groups is 1. The third kappa shape index (κ3) is 3.33. The Morgan fingerprint density at radius 1 is 1.52 bits per heavy atom. The summed E-state index contributed by atoms with van der Waals surface area (Å²) in [5, 5.41) is 15.4. The number of hydrogen-bond donors (Lipinski definition) is 0. The van der Waals surface area contributed by atoms with E-state index < -0.39 is 27.8 Å². The van der Waals surface area contributed by atoms with E-state index in [1.54, 1.807) is 17.8 Å². The Kier molecular flexibility index (Phi) is 4.22. The van der Waals surface area contributed by atoms with Crippen molar-refractivity contribution in [1.82, 2.24) is 9.78 Å². The van der Waals surface area contributed by atoms with Crippen LogP contribution in [0.25, 0.3) is 0 Å². The van der Waals surface area contributed by atoms with Gasteiger partial charge in [-0.1, -0.05) is 6.92 Å². The van der Waals surface area contributed by atoms with E-state index in [2.05, 4.69) is 12.0 Å². The molecule has 0 aromatic carbocycles. The van der Waals surface area contributed by atoms with Crippen LogP contribution in [0.2, 0.25) is 0 Å². The van der Waals surface area contributed by atoms with Crippen LogP contribution in [0.15, 0.2) is 36.1 Å². The summed E-state index contributed by atoms with van der Waals surface area (Å²) in [5.41, 5.74) is -1.43. The minimum atomic E-state index is -1.57. The molecule has 2 aliphatic carbocycles. The van der Waals surface area contributed by atoms with Gasteiger partial charge in [-0.25, -0.2) is 4.39 Å². The Balaban J connectivity index is 2.02. The molecule has 0 amide bonds. The Hall–Kier alpha value is -2.51. The van der Waals surface area contributed by atoms with Crippen molar-refractivity contribution in [3.05, 3.63) is 51.7 Å². The predicted octanol–water partition coefficient (Wildman–Crippen LogP) is 2.90. The number of ether oxygens (including phenoxy) is 1. The number of halogens is 1. The molecule has 1 unspecified atom stereocenters. The average Bonchev–Trinajstić information content (AvgIpc) is 3.07. The van der Waals surface area contributed by atoms with Crippen LogP contribution in [-0.2, 0) is 21.5 Å². The maximum atomic E-state index is 14.1. The molecule has 3 rings (SSSR count). The minimum absolute atomic E-state index is 0.0970. The number of nitrogens with zero attached hydrogens (tertiary/aromatic N) is 3. The van der Waals surface area contributed by atoms with Crippen molar-refractivity contribution >= 4 is 5.97 Å². The topological polar surface area (TPSA) is 87.3 Å². The zero-order valence-corrected chi connectivity index (χ0v) is 14.2. The molecule has 1 aromatic heterocycles. The van der Waals surface area contributed by atoms with Crippen LogP contribution in [0.5, 0.6) is 0 Å². The Bertz CT molecular complexity index is 779. The fourth-order valence-corrected chi connectivity index (χ4v) is 3.07. The molecule has 0 aliphatic heterocycles. The summed E-state index contributed by atoms with van der Waals surface area (Å²) >= 11 is 0. The van der Waals surface area contributed by atoms with Gasteiger partial charge in [0.15, 0.2) is 0 Å². The Labute approximate surface area is 144 Å². The molecule has 1 aromatic rings. The highest BCUT2D eigenvalue weighted by molar-refractivity contribution is 5.86. The summed E-state index contributed by atoms with van der Waals surface area (Å²) in [7, 11) is 0. The normalized spacial score (nSPS) is 24.3. The van der Waals surface area contributed by atoms with Gasteiger partial charge in [0.25, 0.3) is 5.70 Å². The third-order valence-corrected chi connectivity index (χ3v) is 4.79. The average molecular weight is 349 g/mol. The third-order valence-electron chi connectivity index (χ3n) is 4.79. The molecule has 2 aliphatic rings. The fourth-order valence-electron chi connectivity index (χ4n) is 3.07. The van der Waals surface area contributed by atoms with Crippen LogP contribution in [0.3, 0.4) is 0 Å². The van der Waals surface area contributed by atoms with Gasteiger partial charge in [-0.15, -0.1) is 0 Å². The number of allylic oxidation sites excluding steroid dienone is 2. The molecule has 0 radical (unpaired) electrons. The van der Waals surface area contributed by atoms with Crippen molar-refractivity contribution in [2.45, 2.75) is 45.1 Å². The van der Waals surface area contributed by atoms with Crippen molar-refractivity contribution in [2.75, 3.05) is 6.61 Å². The molecule has 25 heavy (non-hydrogen) atoms. The van der Waals surface area contributed by atoms with Gasteiger partial charge in [0.05, 0.1) is 17.7 Å². The van der Waals surface area contributed by atoms with E-state index in [1.165, 1.54) is 12.3 Å². The van der Waals surface area contributed by atoms with E-state index in [9.17, 15) is 19.3 Å². The van der Waals surface area contributed by atoms with Crippen LogP contribution in [0, 0.1) is 15.5 Å². The highest BCUT2D eigenvalue weighted by atomic mass is 19.1. The zero-order chi connectivity index (χ0) is 18.2. The standard InChI is InChI=1S/C17H20FN3O4/c1-3-25-15(22)17(7-13(18)6-14(8-17)21(23)24)12-9-19-20(10-12)11-16(2)4-5-16/h6,8-10H,3-5,7,11H2,1-2H3. The number of nitro groups is 1. The summed E-state index contributed by atoms with van der Waals surface area (Å²) in [4.78, 5) is 23.1. The first-order valence-corrected chi connectivity index (χ1v) is 8.21. The molecule has 8 heteroatoms. The zero-order valence-electron chi connectivity index (χ0n) is 14.2. The Morgan fingerprint density at radius 2 is 2.24 bits per heavy atom.